The van der Waals surface area contributed by atoms with E-state index in [4.69, 9.17) is 4.74 Å². The summed E-state index contributed by atoms with van der Waals surface area (Å²) in [4.78, 5) is 0. The average Bonchev–Trinajstić information content (AvgIpc) is 2.59. The smallest absolute Gasteiger partial charge is 0.382 e. The van der Waals surface area contributed by atoms with Crippen LogP contribution in [0.25, 0.3) is 0 Å². The maximum absolute atomic E-state index is 12.8. The highest BCUT2D eigenvalue weighted by molar-refractivity contribution is 5.54. The molecule has 1 aromatic carbocycles. The van der Waals surface area contributed by atoms with Crippen molar-refractivity contribution in [2.45, 2.75) is 24.6 Å². The molecule has 0 amide bonds. The SMILES string of the molecule is OC(c1ccc2c(c1)COCCN2)(C(F)(F)F)C(F)(F)F. The molecule has 1 aliphatic rings. The Morgan fingerprint density at radius 2 is 1.67 bits per heavy atom. The molecule has 3 nitrogen and oxygen atoms in total. The van der Waals surface area contributed by atoms with E-state index in [1.807, 2.05) is 0 Å². The van der Waals surface area contributed by atoms with E-state index in [2.05, 4.69) is 5.32 Å². The molecule has 0 saturated carbocycles. The zero-order chi connectivity index (χ0) is 15.9. The Hall–Kier alpha value is -1.48. The fourth-order valence-corrected chi connectivity index (χ4v) is 2.04. The number of halogens is 6. The summed E-state index contributed by atoms with van der Waals surface area (Å²) in [5.41, 5.74) is -5.70. The first-order chi connectivity index (χ1) is 9.57. The molecule has 0 spiro atoms. The molecular weight excluding hydrogens is 304 g/mol. The third kappa shape index (κ3) is 2.67. The van der Waals surface area contributed by atoms with Gasteiger partial charge in [-0.15, -0.1) is 0 Å². The van der Waals surface area contributed by atoms with Crippen LogP contribution in [-0.2, 0) is 16.9 Å². The van der Waals surface area contributed by atoms with Crippen molar-refractivity contribution in [2.75, 3.05) is 18.5 Å². The van der Waals surface area contributed by atoms with E-state index in [1.165, 1.54) is 0 Å². The first-order valence-electron chi connectivity index (χ1n) is 5.88. The number of nitrogens with one attached hydrogen (secondary N) is 1. The molecule has 0 fully saturated rings. The first kappa shape index (κ1) is 15.9. The van der Waals surface area contributed by atoms with Crippen LogP contribution in [0.4, 0.5) is 32.0 Å². The van der Waals surface area contributed by atoms with Gasteiger partial charge in [0.15, 0.2) is 0 Å². The van der Waals surface area contributed by atoms with Gasteiger partial charge < -0.3 is 15.2 Å². The summed E-state index contributed by atoms with van der Waals surface area (Å²) < 4.78 is 81.7. The van der Waals surface area contributed by atoms with Gasteiger partial charge in [0.2, 0.25) is 0 Å². The number of anilines is 1. The zero-order valence-electron chi connectivity index (χ0n) is 10.5. The van der Waals surface area contributed by atoms with Gasteiger partial charge in [-0.1, -0.05) is 6.07 Å². The number of benzene rings is 1. The second kappa shape index (κ2) is 5.06. The summed E-state index contributed by atoms with van der Waals surface area (Å²) in [5.74, 6) is 0. The van der Waals surface area contributed by atoms with E-state index in [0.717, 1.165) is 6.07 Å². The van der Waals surface area contributed by atoms with Gasteiger partial charge in [0.05, 0.1) is 13.2 Å². The molecule has 0 atom stereocenters. The van der Waals surface area contributed by atoms with Gasteiger partial charge in [0.25, 0.3) is 5.60 Å². The van der Waals surface area contributed by atoms with Gasteiger partial charge >= 0.3 is 12.4 Å². The van der Waals surface area contributed by atoms with E-state index >= 15 is 0 Å². The number of aliphatic hydroxyl groups is 1. The van der Waals surface area contributed by atoms with E-state index in [9.17, 15) is 31.4 Å². The number of alkyl halides is 6. The van der Waals surface area contributed by atoms with Crippen molar-refractivity contribution in [3.05, 3.63) is 29.3 Å². The lowest BCUT2D eigenvalue weighted by Crippen LogP contribution is -2.53. The normalized spacial score (nSPS) is 16.9. The van der Waals surface area contributed by atoms with Crippen LogP contribution < -0.4 is 5.32 Å². The van der Waals surface area contributed by atoms with Crippen LogP contribution in [0.2, 0.25) is 0 Å². The largest absolute Gasteiger partial charge is 0.430 e. The van der Waals surface area contributed by atoms with E-state index in [1.54, 1.807) is 0 Å². The fourth-order valence-electron chi connectivity index (χ4n) is 2.04. The summed E-state index contributed by atoms with van der Waals surface area (Å²) in [6.45, 7) is 0.518. The van der Waals surface area contributed by atoms with Gasteiger partial charge in [-0.05, 0) is 12.1 Å². The highest BCUT2D eigenvalue weighted by Crippen LogP contribution is 2.50. The van der Waals surface area contributed by atoms with Crippen LogP contribution >= 0.6 is 0 Å². The van der Waals surface area contributed by atoms with Crippen molar-refractivity contribution in [1.29, 1.82) is 0 Å². The molecule has 0 radical (unpaired) electrons. The van der Waals surface area contributed by atoms with Crippen molar-refractivity contribution < 1.29 is 36.2 Å². The van der Waals surface area contributed by atoms with Gasteiger partial charge in [-0.3, -0.25) is 0 Å². The Morgan fingerprint density at radius 1 is 1.05 bits per heavy atom. The predicted octanol–water partition coefficient (Wildman–Crippen LogP) is 2.94. The number of fused-ring (bicyclic) bond motifs is 1. The van der Waals surface area contributed by atoms with Crippen LogP contribution in [-0.4, -0.2) is 30.6 Å². The van der Waals surface area contributed by atoms with Crippen LogP contribution in [0.5, 0.6) is 0 Å². The lowest BCUT2D eigenvalue weighted by atomic mass is 9.90. The second-order valence-electron chi connectivity index (χ2n) is 4.56. The Kier molecular flexibility index (Phi) is 3.83. The summed E-state index contributed by atoms with van der Waals surface area (Å²) in [6.07, 6.45) is -11.8. The molecule has 1 aromatic rings. The molecule has 0 unspecified atom stereocenters. The summed E-state index contributed by atoms with van der Waals surface area (Å²) in [5, 5.41) is 12.1. The van der Waals surface area contributed by atoms with Crippen LogP contribution in [0.1, 0.15) is 11.1 Å². The lowest BCUT2D eigenvalue weighted by Gasteiger charge is -2.33. The molecule has 21 heavy (non-hydrogen) atoms. The van der Waals surface area contributed by atoms with Crippen molar-refractivity contribution in [1.82, 2.24) is 0 Å². The molecule has 2 rings (SSSR count). The Morgan fingerprint density at radius 3 is 2.24 bits per heavy atom. The highest BCUT2D eigenvalue weighted by Gasteiger charge is 2.71. The van der Waals surface area contributed by atoms with Crippen molar-refractivity contribution in [3.8, 4) is 0 Å². The second-order valence-corrected chi connectivity index (χ2v) is 4.56. The molecule has 118 valence electrons. The molecule has 0 aliphatic carbocycles. The predicted molar refractivity (Wildman–Crippen MR) is 60.6 cm³/mol. The minimum Gasteiger partial charge on any atom is -0.382 e. The molecule has 2 N–H and O–H groups in total. The Bertz CT molecular complexity index is 511. The molecule has 1 heterocycles. The van der Waals surface area contributed by atoms with Gasteiger partial charge in [-0.2, -0.15) is 26.3 Å². The standard InChI is InChI=1S/C12H11F6NO2/c13-11(14,15)10(20,12(16,17)18)8-1-2-9-7(5-8)6-21-4-3-19-9/h1-2,5,19-20H,3-4,6H2. The third-order valence-corrected chi connectivity index (χ3v) is 3.16. The van der Waals surface area contributed by atoms with Crippen LogP contribution in [0, 0.1) is 0 Å². The number of rotatable bonds is 1. The van der Waals surface area contributed by atoms with Crippen molar-refractivity contribution >= 4 is 5.69 Å². The fraction of sp³-hybridized carbons (Fsp3) is 0.500. The molecular formula is C12H11F6NO2. The van der Waals surface area contributed by atoms with Gasteiger partial charge in [0, 0.05) is 23.4 Å². The van der Waals surface area contributed by atoms with Crippen LogP contribution in [0.3, 0.4) is 0 Å². The van der Waals surface area contributed by atoms with Gasteiger partial charge in [0.1, 0.15) is 0 Å². The minimum atomic E-state index is -5.89. The van der Waals surface area contributed by atoms with E-state index in [-0.39, 0.29) is 18.8 Å². The monoisotopic (exact) mass is 315 g/mol. The molecule has 0 bridgehead atoms. The highest BCUT2D eigenvalue weighted by atomic mass is 19.4. The van der Waals surface area contributed by atoms with Crippen molar-refractivity contribution in [2.24, 2.45) is 0 Å². The first-order valence-corrected chi connectivity index (χ1v) is 5.88. The maximum Gasteiger partial charge on any atom is 0.430 e. The van der Waals surface area contributed by atoms with Gasteiger partial charge in [-0.25, -0.2) is 0 Å². The molecule has 9 heteroatoms. The number of ether oxygens (including phenoxy) is 1. The topological polar surface area (TPSA) is 41.5 Å². The lowest BCUT2D eigenvalue weighted by molar-refractivity contribution is -0.376. The summed E-state index contributed by atoms with van der Waals surface area (Å²) in [6, 6.07) is 2.34. The Labute approximate surface area is 115 Å². The average molecular weight is 315 g/mol. The van der Waals surface area contributed by atoms with Crippen molar-refractivity contribution in [3.63, 3.8) is 0 Å². The summed E-state index contributed by atoms with van der Waals surface area (Å²) in [7, 11) is 0. The van der Waals surface area contributed by atoms with Crippen LogP contribution in [0.15, 0.2) is 18.2 Å². The molecule has 0 aromatic heterocycles. The molecule has 0 saturated heterocycles. The molecule has 1 aliphatic heterocycles. The minimum absolute atomic E-state index is 0.122. The van der Waals surface area contributed by atoms with E-state index < -0.39 is 23.5 Å². The number of hydrogen-bond donors (Lipinski definition) is 2. The quantitative estimate of drug-likeness (QED) is 0.783. The third-order valence-electron chi connectivity index (χ3n) is 3.16. The van der Waals surface area contributed by atoms with E-state index in [0.29, 0.717) is 24.4 Å². The zero-order valence-corrected chi connectivity index (χ0v) is 10.5. The maximum atomic E-state index is 12.8. The Balaban J connectivity index is 2.55. The summed E-state index contributed by atoms with van der Waals surface area (Å²) >= 11 is 0. The number of hydrogen-bond acceptors (Lipinski definition) is 3.